The lowest BCUT2D eigenvalue weighted by molar-refractivity contribution is -0.122. The number of rotatable bonds is 5. The van der Waals surface area contributed by atoms with E-state index >= 15 is 0 Å². The Morgan fingerprint density at radius 1 is 1.13 bits per heavy atom. The average Bonchev–Trinajstić information content (AvgIpc) is 2.71. The number of benzene rings is 1. The number of fused-ring (bicyclic) bond motifs is 2. The highest BCUT2D eigenvalue weighted by Crippen LogP contribution is 2.35. The van der Waals surface area contributed by atoms with Gasteiger partial charge in [0.05, 0.1) is 6.54 Å². The molecule has 1 amide bonds. The summed E-state index contributed by atoms with van der Waals surface area (Å²) in [5.74, 6) is 1.34. The van der Waals surface area contributed by atoms with E-state index in [1.165, 1.54) is 18.4 Å². The summed E-state index contributed by atoms with van der Waals surface area (Å²) in [6.07, 6.45) is 3.36. The van der Waals surface area contributed by atoms with Gasteiger partial charge in [0.1, 0.15) is 0 Å². The summed E-state index contributed by atoms with van der Waals surface area (Å²) in [5, 5.41) is 3.03. The Hall–Kier alpha value is -0.810. The van der Waals surface area contributed by atoms with Gasteiger partial charge >= 0.3 is 0 Å². The first kappa shape index (κ1) is 20.2. The van der Waals surface area contributed by atoms with Gasteiger partial charge in [-0.05, 0) is 36.7 Å². The second kappa shape index (κ2) is 9.48. The fraction of sp³-hybridized carbons (Fsp3) is 0.588. The van der Waals surface area contributed by atoms with Gasteiger partial charge in [-0.1, -0.05) is 30.3 Å². The molecule has 1 aromatic rings. The smallest absolute Gasteiger partial charge is 0.234 e. The van der Waals surface area contributed by atoms with Crippen molar-refractivity contribution in [2.75, 3.05) is 26.2 Å². The summed E-state index contributed by atoms with van der Waals surface area (Å²) in [5.41, 5.74) is 7.46. The van der Waals surface area contributed by atoms with Crippen molar-refractivity contribution in [1.82, 2.24) is 10.2 Å². The highest BCUT2D eigenvalue weighted by molar-refractivity contribution is 5.85. The van der Waals surface area contributed by atoms with Gasteiger partial charge in [-0.2, -0.15) is 0 Å². The monoisotopic (exact) mass is 359 g/mol. The predicted molar refractivity (Wildman–Crippen MR) is 98.3 cm³/mol. The Labute approximate surface area is 151 Å². The van der Waals surface area contributed by atoms with Gasteiger partial charge in [0.25, 0.3) is 0 Å². The molecule has 1 aliphatic heterocycles. The SMILES string of the molecule is Cl.Cl.NC1[C@@H]2CC[C@H]1CN(CC(=O)NCCc1ccccc1)C2. The molecule has 1 saturated heterocycles. The molecule has 2 aliphatic rings. The van der Waals surface area contributed by atoms with E-state index in [0.29, 0.717) is 31.0 Å². The molecule has 4 nitrogen and oxygen atoms in total. The fourth-order valence-electron chi connectivity index (χ4n) is 3.74. The molecule has 3 N–H and O–H groups in total. The maximum atomic E-state index is 12.0. The fourth-order valence-corrected chi connectivity index (χ4v) is 3.74. The molecule has 23 heavy (non-hydrogen) atoms. The standard InChI is InChI=1S/C17H25N3O.2ClH/c18-17-14-6-7-15(17)11-20(10-14)12-16(21)19-9-8-13-4-2-1-3-5-13;;/h1-5,14-15,17H,6-12,18H2,(H,19,21);2*1H/t14-,15+,17?;;. The summed E-state index contributed by atoms with van der Waals surface area (Å²) in [4.78, 5) is 14.3. The first-order valence-corrected chi connectivity index (χ1v) is 8.01. The minimum atomic E-state index is 0. The number of nitrogens with two attached hydrogens (primary N) is 1. The molecule has 3 atom stereocenters. The van der Waals surface area contributed by atoms with Gasteiger partial charge < -0.3 is 11.1 Å². The topological polar surface area (TPSA) is 58.4 Å². The zero-order chi connectivity index (χ0) is 14.7. The zero-order valence-electron chi connectivity index (χ0n) is 13.3. The highest BCUT2D eigenvalue weighted by atomic mass is 35.5. The number of piperidine rings is 1. The molecule has 2 fully saturated rings. The van der Waals surface area contributed by atoms with Gasteiger partial charge in [0, 0.05) is 25.7 Å². The summed E-state index contributed by atoms with van der Waals surface area (Å²) in [6.45, 7) is 3.21. The van der Waals surface area contributed by atoms with Gasteiger partial charge in [0.15, 0.2) is 0 Å². The molecular weight excluding hydrogens is 333 g/mol. The molecule has 130 valence electrons. The van der Waals surface area contributed by atoms with Crippen molar-refractivity contribution in [3.05, 3.63) is 35.9 Å². The third-order valence-electron chi connectivity index (χ3n) is 4.93. The van der Waals surface area contributed by atoms with Crippen LogP contribution >= 0.6 is 24.8 Å². The molecule has 0 spiro atoms. The van der Waals surface area contributed by atoms with Crippen LogP contribution in [0.25, 0.3) is 0 Å². The Balaban J connectivity index is 0.00000132. The molecule has 1 heterocycles. The van der Waals surface area contributed by atoms with Crippen LogP contribution in [0.5, 0.6) is 0 Å². The number of carbonyl (C=O) groups is 1. The van der Waals surface area contributed by atoms with Crippen molar-refractivity contribution in [1.29, 1.82) is 0 Å². The summed E-state index contributed by atoms with van der Waals surface area (Å²) >= 11 is 0. The third-order valence-corrected chi connectivity index (χ3v) is 4.93. The Morgan fingerprint density at radius 3 is 2.35 bits per heavy atom. The van der Waals surface area contributed by atoms with Crippen LogP contribution in [-0.4, -0.2) is 43.0 Å². The zero-order valence-corrected chi connectivity index (χ0v) is 15.0. The van der Waals surface area contributed by atoms with Crippen molar-refractivity contribution < 1.29 is 4.79 Å². The van der Waals surface area contributed by atoms with Crippen LogP contribution in [0, 0.1) is 11.8 Å². The second-order valence-corrected chi connectivity index (χ2v) is 6.45. The number of hydrogen-bond acceptors (Lipinski definition) is 3. The van der Waals surface area contributed by atoms with E-state index < -0.39 is 0 Å². The van der Waals surface area contributed by atoms with E-state index in [1.54, 1.807) is 0 Å². The van der Waals surface area contributed by atoms with Crippen LogP contribution in [0.15, 0.2) is 30.3 Å². The van der Waals surface area contributed by atoms with Gasteiger partial charge in [-0.3, -0.25) is 9.69 Å². The molecule has 1 saturated carbocycles. The minimum absolute atomic E-state index is 0. The van der Waals surface area contributed by atoms with E-state index in [9.17, 15) is 4.79 Å². The van der Waals surface area contributed by atoms with Gasteiger partial charge in [-0.15, -0.1) is 24.8 Å². The number of carbonyl (C=O) groups excluding carboxylic acids is 1. The maximum Gasteiger partial charge on any atom is 0.234 e. The van der Waals surface area contributed by atoms with Crippen molar-refractivity contribution in [3.63, 3.8) is 0 Å². The van der Waals surface area contributed by atoms with E-state index in [1.807, 2.05) is 18.2 Å². The summed E-state index contributed by atoms with van der Waals surface area (Å²) < 4.78 is 0. The third kappa shape index (κ3) is 5.35. The number of hydrogen-bond donors (Lipinski definition) is 2. The predicted octanol–water partition coefficient (Wildman–Crippen LogP) is 1.86. The normalized spacial score (nSPS) is 26.0. The van der Waals surface area contributed by atoms with Crippen LogP contribution in [0.2, 0.25) is 0 Å². The van der Waals surface area contributed by atoms with E-state index in [4.69, 9.17) is 5.73 Å². The number of nitrogens with zero attached hydrogens (tertiary/aromatic N) is 1. The Morgan fingerprint density at radius 2 is 1.74 bits per heavy atom. The maximum absolute atomic E-state index is 12.0. The number of amides is 1. The van der Waals surface area contributed by atoms with E-state index in [-0.39, 0.29) is 30.7 Å². The van der Waals surface area contributed by atoms with Crippen LogP contribution in [0.3, 0.4) is 0 Å². The largest absolute Gasteiger partial charge is 0.355 e. The van der Waals surface area contributed by atoms with Crippen molar-refractivity contribution in [3.8, 4) is 0 Å². The molecule has 2 bridgehead atoms. The quantitative estimate of drug-likeness (QED) is 0.843. The van der Waals surface area contributed by atoms with Crippen LogP contribution in [0.1, 0.15) is 18.4 Å². The van der Waals surface area contributed by atoms with Gasteiger partial charge in [0.2, 0.25) is 5.91 Å². The lowest BCUT2D eigenvalue weighted by atomic mass is 9.93. The Kier molecular flexibility index (Phi) is 8.34. The summed E-state index contributed by atoms with van der Waals surface area (Å²) in [6, 6.07) is 10.6. The van der Waals surface area contributed by atoms with Crippen molar-refractivity contribution in [2.45, 2.75) is 25.3 Å². The minimum Gasteiger partial charge on any atom is -0.355 e. The van der Waals surface area contributed by atoms with Crippen molar-refractivity contribution >= 4 is 30.7 Å². The second-order valence-electron chi connectivity index (χ2n) is 6.45. The number of likely N-dealkylation sites (tertiary alicyclic amines) is 1. The highest BCUT2D eigenvalue weighted by Gasteiger charge is 2.39. The van der Waals surface area contributed by atoms with Crippen LogP contribution < -0.4 is 11.1 Å². The molecule has 3 rings (SSSR count). The summed E-state index contributed by atoms with van der Waals surface area (Å²) in [7, 11) is 0. The van der Waals surface area contributed by atoms with E-state index in [0.717, 1.165) is 19.5 Å². The molecule has 1 aliphatic carbocycles. The first-order chi connectivity index (χ1) is 10.2. The lowest BCUT2D eigenvalue weighted by Crippen LogP contribution is -2.51. The Bertz CT molecular complexity index is 472. The molecule has 1 aromatic carbocycles. The number of nitrogens with one attached hydrogen (secondary N) is 1. The van der Waals surface area contributed by atoms with Crippen LogP contribution in [-0.2, 0) is 11.2 Å². The van der Waals surface area contributed by atoms with E-state index in [2.05, 4.69) is 22.3 Å². The first-order valence-electron chi connectivity index (χ1n) is 8.01. The molecule has 1 unspecified atom stereocenters. The van der Waals surface area contributed by atoms with Gasteiger partial charge in [-0.25, -0.2) is 0 Å². The lowest BCUT2D eigenvalue weighted by Gasteiger charge is -2.35. The molecule has 6 heteroatoms. The molecule has 0 radical (unpaired) electrons. The van der Waals surface area contributed by atoms with Crippen molar-refractivity contribution in [2.24, 2.45) is 17.6 Å². The molecule has 0 aromatic heterocycles. The number of halogens is 2. The van der Waals surface area contributed by atoms with Crippen LogP contribution in [0.4, 0.5) is 0 Å². The molecular formula is C17H27Cl2N3O. The average molecular weight is 360 g/mol.